The molecule has 0 saturated carbocycles. The van der Waals surface area contributed by atoms with Crippen LogP contribution in [0.2, 0.25) is 0 Å². The van der Waals surface area contributed by atoms with Crippen LogP contribution >= 0.6 is 0 Å². The van der Waals surface area contributed by atoms with Gasteiger partial charge in [-0.3, -0.25) is 0 Å². The van der Waals surface area contributed by atoms with Crippen LogP contribution in [0.3, 0.4) is 0 Å². The molecule has 0 spiro atoms. The van der Waals surface area contributed by atoms with Crippen molar-refractivity contribution in [3.8, 4) is 0 Å². The molecule has 1 fully saturated rings. The molecule has 1 aliphatic heterocycles. The first-order valence-corrected chi connectivity index (χ1v) is 5.02. The minimum absolute atomic E-state index is 0.294. The molecule has 4 heteroatoms. The fraction of sp³-hybridized carbons (Fsp3) is 0.600. The Hall–Kier alpha value is -1.16. The second-order valence-corrected chi connectivity index (χ2v) is 3.68. The first kappa shape index (κ1) is 9.40. The number of aromatic nitrogens is 2. The van der Waals surface area contributed by atoms with Crippen LogP contribution in [0.15, 0.2) is 18.6 Å². The predicted molar refractivity (Wildman–Crippen MR) is 54.1 cm³/mol. The van der Waals surface area contributed by atoms with E-state index in [2.05, 4.69) is 14.9 Å². The van der Waals surface area contributed by atoms with E-state index in [9.17, 15) is 0 Å². The third-order valence-corrected chi connectivity index (χ3v) is 2.71. The maximum atomic E-state index is 8.84. The molecule has 14 heavy (non-hydrogen) atoms. The highest BCUT2D eigenvalue weighted by molar-refractivity contribution is 5.37. The van der Waals surface area contributed by atoms with Crippen LogP contribution in [-0.4, -0.2) is 34.8 Å². The molecule has 1 N–H and O–H groups in total. The van der Waals surface area contributed by atoms with Gasteiger partial charge in [-0.05, 0) is 24.8 Å². The Morgan fingerprint density at radius 3 is 3.21 bits per heavy atom. The van der Waals surface area contributed by atoms with E-state index < -0.39 is 0 Å². The van der Waals surface area contributed by atoms with Gasteiger partial charge in [0, 0.05) is 25.9 Å². The van der Waals surface area contributed by atoms with Gasteiger partial charge in [0.2, 0.25) is 0 Å². The number of hydrogen-bond acceptors (Lipinski definition) is 4. The van der Waals surface area contributed by atoms with E-state index in [0.29, 0.717) is 12.5 Å². The summed E-state index contributed by atoms with van der Waals surface area (Å²) in [6.07, 6.45) is 5.41. The Bertz CT molecular complexity index is 278. The van der Waals surface area contributed by atoms with Crippen molar-refractivity contribution in [3.63, 3.8) is 0 Å². The molecule has 0 bridgehead atoms. The van der Waals surface area contributed by atoms with Gasteiger partial charge in [0.15, 0.2) is 0 Å². The smallest absolute Gasteiger partial charge is 0.131 e. The number of anilines is 1. The molecule has 1 unspecified atom stereocenters. The van der Waals surface area contributed by atoms with Crippen LogP contribution in [0.1, 0.15) is 12.8 Å². The maximum absolute atomic E-state index is 8.84. The molecule has 4 nitrogen and oxygen atoms in total. The van der Waals surface area contributed by atoms with Gasteiger partial charge in [-0.15, -0.1) is 0 Å². The van der Waals surface area contributed by atoms with Crippen LogP contribution < -0.4 is 4.90 Å². The molecule has 0 radical (unpaired) electrons. The van der Waals surface area contributed by atoms with E-state index in [4.69, 9.17) is 5.11 Å². The number of hydrogen-bond donors (Lipinski definition) is 1. The molecule has 1 saturated heterocycles. The van der Waals surface area contributed by atoms with Crippen LogP contribution in [-0.2, 0) is 0 Å². The van der Waals surface area contributed by atoms with Crippen LogP contribution in [0, 0.1) is 5.92 Å². The van der Waals surface area contributed by atoms with Crippen molar-refractivity contribution in [1.29, 1.82) is 0 Å². The molecule has 0 aromatic carbocycles. The summed E-state index contributed by atoms with van der Waals surface area (Å²) < 4.78 is 0. The van der Waals surface area contributed by atoms with Crippen molar-refractivity contribution in [2.75, 3.05) is 24.6 Å². The van der Waals surface area contributed by atoms with Crippen LogP contribution in [0.5, 0.6) is 0 Å². The van der Waals surface area contributed by atoms with Crippen molar-refractivity contribution in [3.05, 3.63) is 18.6 Å². The average Bonchev–Trinajstić information content (AvgIpc) is 2.68. The highest BCUT2D eigenvalue weighted by Gasteiger charge is 2.22. The second kappa shape index (κ2) is 4.37. The summed E-state index contributed by atoms with van der Waals surface area (Å²) in [5, 5.41) is 8.84. The summed E-state index contributed by atoms with van der Waals surface area (Å²) in [5.74, 6) is 1.62. The molecular formula is C10H15N3O. The van der Waals surface area contributed by atoms with Gasteiger partial charge in [-0.25, -0.2) is 9.97 Å². The number of rotatable bonds is 3. The summed E-state index contributed by atoms with van der Waals surface area (Å²) in [4.78, 5) is 10.4. The van der Waals surface area contributed by atoms with E-state index in [-0.39, 0.29) is 0 Å². The lowest BCUT2D eigenvalue weighted by atomic mass is 10.1. The zero-order chi connectivity index (χ0) is 9.80. The lowest BCUT2D eigenvalue weighted by Gasteiger charge is -2.16. The molecule has 1 aliphatic rings. The average molecular weight is 193 g/mol. The third kappa shape index (κ3) is 2.01. The largest absolute Gasteiger partial charge is 0.396 e. The molecule has 0 aliphatic carbocycles. The SMILES string of the molecule is OCCC1CCN(c2ccncn2)C1. The monoisotopic (exact) mass is 193 g/mol. The normalized spacial score (nSPS) is 21.5. The molecule has 1 aromatic rings. The molecule has 1 atom stereocenters. The quantitative estimate of drug-likeness (QED) is 0.767. The first-order valence-electron chi connectivity index (χ1n) is 5.02. The number of aliphatic hydroxyl groups is 1. The predicted octanol–water partition coefficient (Wildman–Crippen LogP) is 0.685. The van der Waals surface area contributed by atoms with Gasteiger partial charge in [-0.2, -0.15) is 0 Å². The van der Waals surface area contributed by atoms with Crippen molar-refractivity contribution in [1.82, 2.24) is 9.97 Å². The Morgan fingerprint density at radius 2 is 2.50 bits per heavy atom. The minimum Gasteiger partial charge on any atom is -0.396 e. The maximum Gasteiger partial charge on any atom is 0.131 e. The van der Waals surface area contributed by atoms with Gasteiger partial charge in [0.1, 0.15) is 12.1 Å². The zero-order valence-corrected chi connectivity index (χ0v) is 8.13. The molecule has 1 aromatic heterocycles. The highest BCUT2D eigenvalue weighted by Crippen LogP contribution is 2.23. The van der Waals surface area contributed by atoms with Crippen LogP contribution in [0.4, 0.5) is 5.82 Å². The van der Waals surface area contributed by atoms with E-state index >= 15 is 0 Å². The molecule has 2 heterocycles. The summed E-state index contributed by atoms with van der Waals surface area (Å²) in [7, 11) is 0. The summed E-state index contributed by atoms with van der Waals surface area (Å²) in [5.41, 5.74) is 0. The van der Waals surface area contributed by atoms with E-state index in [1.807, 2.05) is 6.07 Å². The molecule has 76 valence electrons. The van der Waals surface area contributed by atoms with Gasteiger partial charge in [0.05, 0.1) is 0 Å². The second-order valence-electron chi connectivity index (χ2n) is 3.68. The van der Waals surface area contributed by atoms with E-state index in [1.54, 1.807) is 12.5 Å². The summed E-state index contributed by atoms with van der Waals surface area (Å²) in [6, 6.07) is 1.93. The van der Waals surface area contributed by atoms with Crippen molar-refractivity contribution < 1.29 is 5.11 Å². The van der Waals surface area contributed by atoms with Crippen molar-refractivity contribution >= 4 is 5.82 Å². The third-order valence-electron chi connectivity index (χ3n) is 2.71. The summed E-state index contributed by atoms with van der Waals surface area (Å²) >= 11 is 0. The Labute approximate surface area is 83.6 Å². The first-order chi connectivity index (χ1) is 6.90. The molecular weight excluding hydrogens is 178 g/mol. The molecule has 2 rings (SSSR count). The topological polar surface area (TPSA) is 49.2 Å². The Morgan fingerprint density at radius 1 is 1.57 bits per heavy atom. The van der Waals surface area contributed by atoms with Crippen LogP contribution in [0.25, 0.3) is 0 Å². The minimum atomic E-state index is 0.294. The fourth-order valence-electron chi connectivity index (χ4n) is 1.93. The van der Waals surface area contributed by atoms with Crippen molar-refractivity contribution in [2.24, 2.45) is 5.92 Å². The van der Waals surface area contributed by atoms with Gasteiger partial charge in [-0.1, -0.05) is 0 Å². The zero-order valence-electron chi connectivity index (χ0n) is 8.13. The lowest BCUT2D eigenvalue weighted by Crippen LogP contribution is -2.20. The van der Waals surface area contributed by atoms with Gasteiger partial charge in [0.25, 0.3) is 0 Å². The highest BCUT2D eigenvalue weighted by atomic mass is 16.3. The van der Waals surface area contributed by atoms with E-state index in [1.165, 1.54) is 0 Å². The summed E-state index contributed by atoms with van der Waals surface area (Å²) in [6.45, 7) is 2.35. The van der Waals surface area contributed by atoms with Gasteiger partial charge >= 0.3 is 0 Å². The number of nitrogens with zero attached hydrogens (tertiary/aromatic N) is 3. The fourth-order valence-corrected chi connectivity index (χ4v) is 1.93. The van der Waals surface area contributed by atoms with Crippen molar-refractivity contribution in [2.45, 2.75) is 12.8 Å². The number of aliphatic hydroxyl groups excluding tert-OH is 1. The standard InChI is InChI=1S/C10H15N3O/c14-6-3-9-2-5-13(7-9)10-1-4-11-8-12-10/h1,4,8-9,14H,2-3,5-7H2. The van der Waals surface area contributed by atoms with E-state index in [0.717, 1.165) is 31.7 Å². The Kier molecular flexibility index (Phi) is 2.93. The Balaban J connectivity index is 1.96. The molecule has 0 amide bonds. The lowest BCUT2D eigenvalue weighted by molar-refractivity contribution is 0.263. The van der Waals surface area contributed by atoms with Gasteiger partial charge < -0.3 is 10.0 Å².